The van der Waals surface area contributed by atoms with Gasteiger partial charge in [-0.05, 0) is 37.5 Å². The lowest BCUT2D eigenvalue weighted by atomic mass is 9.81. The molecule has 2 nitrogen and oxygen atoms in total. The second kappa shape index (κ2) is 5.73. The van der Waals surface area contributed by atoms with Crippen molar-refractivity contribution < 1.29 is 0 Å². The lowest BCUT2D eigenvalue weighted by molar-refractivity contribution is 0.00797. The van der Waals surface area contributed by atoms with Crippen molar-refractivity contribution in [3.05, 3.63) is 0 Å². The summed E-state index contributed by atoms with van der Waals surface area (Å²) >= 11 is 0. The fourth-order valence-electron chi connectivity index (χ4n) is 4.38. The van der Waals surface area contributed by atoms with Crippen LogP contribution in [0.2, 0.25) is 0 Å². The van der Waals surface area contributed by atoms with Gasteiger partial charge in [-0.15, -0.1) is 0 Å². The molecule has 1 heterocycles. The maximum absolute atomic E-state index is 3.90. The van der Waals surface area contributed by atoms with Gasteiger partial charge in [0, 0.05) is 31.2 Å². The minimum atomic E-state index is 0.541. The van der Waals surface area contributed by atoms with Gasteiger partial charge in [0.1, 0.15) is 0 Å². The third-order valence-corrected chi connectivity index (χ3v) is 6.35. The Morgan fingerprint density at radius 1 is 1.21 bits per heavy atom. The first-order valence-electron chi connectivity index (χ1n) is 8.72. The van der Waals surface area contributed by atoms with Crippen molar-refractivity contribution in [2.75, 3.05) is 19.6 Å². The van der Waals surface area contributed by atoms with Crippen LogP contribution in [-0.2, 0) is 0 Å². The van der Waals surface area contributed by atoms with Crippen LogP contribution in [0.3, 0.4) is 0 Å². The van der Waals surface area contributed by atoms with E-state index in [-0.39, 0.29) is 0 Å². The molecule has 0 aromatic carbocycles. The van der Waals surface area contributed by atoms with E-state index in [1.807, 2.05) is 0 Å². The molecule has 2 saturated carbocycles. The minimum absolute atomic E-state index is 0.541. The van der Waals surface area contributed by atoms with Crippen LogP contribution < -0.4 is 5.32 Å². The smallest absolute Gasteiger partial charge is 0.0334 e. The number of nitrogens with zero attached hydrogens (tertiary/aromatic N) is 1. The van der Waals surface area contributed by atoms with Crippen LogP contribution in [0.1, 0.15) is 65.2 Å². The maximum atomic E-state index is 3.90. The number of nitrogens with one attached hydrogen (secondary N) is 1. The van der Waals surface area contributed by atoms with Crippen molar-refractivity contribution >= 4 is 0 Å². The van der Waals surface area contributed by atoms with E-state index in [0.29, 0.717) is 5.54 Å². The Morgan fingerprint density at radius 2 is 1.95 bits per heavy atom. The van der Waals surface area contributed by atoms with E-state index < -0.39 is 0 Å². The molecule has 2 atom stereocenters. The quantitative estimate of drug-likeness (QED) is 0.837. The molecule has 0 aromatic rings. The largest absolute Gasteiger partial charge is 0.311 e. The Hall–Kier alpha value is -0.0800. The van der Waals surface area contributed by atoms with Crippen LogP contribution in [0.4, 0.5) is 0 Å². The molecule has 0 bridgehead atoms. The molecule has 110 valence electrons. The van der Waals surface area contributed by atoms with E-state index in [9.17, 15) is 0 Å². The predicted molar refractivity (Wildman–Crippen MR) is 81.4 cm³/mol. The molecule has 1 saturated heterocycles. The van der Waals surface area contributed by atoms with Gasteiger partial charge in [0.2, 0.25) is 0 Å². The molecular weight excluding hydrogens is 232 g/mol. The Kier molecular flexibility index (Phi) is 4.19. The third-order valence-electron chi connectivity index (χ3n) is 6.35. The van der Waals surface area contributed by atoms with E-state index in [1.54, 1.807) is 0 Å². The Balaban J connectivity index is 1.67. The summed E-state index contributed by atoms with van der Waals surface area (Å²) in [6.45, 7) is 8.73. The molecule has 0 amide bonds. The van der Waals surface area contributed by atoms with Crippen LogP contribution in [0.5, 0.6) is 0 Å². The number of piperazine rings is 1. The molecule has 2 aliphatic carbocycles. The van der Waals surface area contributed by atoms with E-state index in [0.717, 1.165) is 17.9 Å². The summed E-state index contributed by atoms with van der Waals surface area (Å²) in [7, 11) is 0. The van der Waals surface area contributed by atoms with Crippen LogP contribution in [-0.4, -0.2) is 36.1 Å². The number of rotatable bonds is 4. The first-order chi connectivity index (χ1) is 9.23. The van der Waals surface area contributed by atoms with Crippen molar-refractivity contribution in [2.24, 2.45) is 11.8 Å². The molecule has 0 aromatic heterocycles. The average Bonchev–Trinajstić information content (AvgIpc) is 2.84. The molecule has 3 aliphatic rings. The summed E-state index contributed by atoms with van der Waals surface area (Å²) < 4.78 is 0. The first kappa shape index (κ1) is 13.9. The molecule has 3 rings (SSSR count). The standard InChI is InChI=1S/C17H32N2/c1-3-14(2)16-12-19(11-15-7-6-8-15)17(13-18-16)9-4-5-10-17/h14-16,18H,3-13H2,1-2H3. The molecule has 19 heavy (non-hydrogen) atoms. The Labute approximate surface area is 119 Å². The zero-order valence-electron chi connectivity index (χ0n) is 13.0. The molecule has 0 radical (unpaired) electrons. The summed E-state index contributed by atoms with van der Waals surface area (Å²) in [5.74, 6) is 1.84. The average molecular weight is 264 g/mol. The van der Waals surface area contributed by atoms with E-state index >= 15 is 0 Å². The van der Waals surface area contributed by atoms with Gasteiger partial charge in [0.25, 0.3) is 0 Å². The van der Waals surface area contributed by atoms with Gasteiger partial charge in [-0.25, -0.2) is 0 Å². The predicted octanol–water partition coefficient (Wildman–Crippen LogP) is 3.42. The molecule has 2 heteroatoms. The van der Waals surface area contributed by atoms with Crippen molar-refractivity contribution in [3.8, 4) is 0 Å². The third kappa shape index (κ3) is 2.71. The zero-order chi connectivity index (χ0) is 13.3. The monoisotopic (exact) mass is 264 g/mol. The molecule has 2 unspecified atom stereocenters. The SMILES string of the molecule is CCC(C)C1CN(CC2CCC2)C2(CCCC2)CN1. The molecular formula is C17H32N2. The van der Waals surface area contributed by atoms with E-state index in [2.05, 4.69) is 24.1 Å². The van der Waals surface area contributed by atoms with Crippen LogP contribution >= 0.6 is 0 Å². The molecule has 1 N–H and O–H groups in total. The van der Waals surface area contributed by atoms with Gasteiger partial charge in [0.05, 0.1) is 0 Å². The molecule has 1 aliphatic heterocycles. The van der Waals surface area contributed by atoms with Gasteiger partial charge in [0.15, 0.2) is 0 Å². The first-order valence-corrected chi connectivity index (χ1v) is 8.72. The lowest BCUT2D eigenvalue weighted by Crippen LogP contribution is -2.65. The summed E-state index contributed by atoms with van der Waals surface area (Å²) in [6.07, 6.45) is 11.6. The topological polar surface area (TPSA) is 15.3 Å². The number of hydrogen-bond donors (Lipinski definition) is 1. The Bertz CT molecular complexity index is 292. The minimum Gasteiger partial charge on any atom is -0.311 e. The van der Waals surface area contributed by atoms with Crippen molar-refractivity contribution in [1.29, 1.82) is 0 Å². The van der Waals surface area contributed by atoms with Gasteiger partial charge in [-0.2, -0.15) is 0 Å². The second-order valence-electron chi connectivity index (χ2n) is 7.51. The van der Waals surface area contributed by atoms with Crippen LogP contribution in [0, 0.1) is 11.8 Å². The maximum Gasteiger partial charge on any atom is 0.0334 e. The van der Waals surface area contributed by atoms with Gasteiger partial charge >= 0.3 is 0 Å². The van der Waals surface area contributed by atoms with Crippen molar-refractivity contribution in [3.63, 3.8) is 0 Å². The zero-order valence-corrected chi connectivity index (χ0v) is 13.0. The molecule has 3 fully saturated rings. The van der Waals surface area contributed by atoms with Gasteiger partial charge < -0.3 is 5.32 Å². The van der Waals surface area contributed by atoms with Gasteiger partial charge in [-0.1, -0.05) is 39.5 Å². The fourth-order valence-corrected chi connectivity index (χ4v) is 4.38. The van der Waals surface area contributed by atoms with Gasteiger partial charge in [-0.3, -0.25) is 4.90 Å². The normalized spacial score (nSPS) is 33.5. The van der Waals surface area contributed by atoms with Crippen molar-refractivity contribution in [1.82, 2.24) is 10.2 Å². The Morgan fingerprint density at radius 3 is 2.53 bits per heavy atom. The highest BCUT2D eigenvalue weighted by molar-refractivity contribution is 5.03. The van der Waals surface area contributed by atoms with E-state index in [4.69, 9.17) is 0 Å². The second-order valence-corrected chi connectivity index (χ2v) is 7.51. The van der Waals surface area contributed by atoms with Crippen LogP contribution in [0.15, 0.2) is 0 Å². The van der Waals surface area contributed by atoms with E-state index in [1.165, 1.54) is 71.0 Å². The highest BCUT2D eigenvalue weighted by atomic mass is 15.3. The summed E-state index contributed by atoms with van der Waals surface area (Å²) in [5, 5.41) is 3.90. The lowest BCUT2D eigenvalue weighted by Gasteiger charge is -2.51. The van der Waals surface area contributed by atoms with Crippen LogP contribution in [0.25, 0.3) is 0 Å². The highest BCUT2D eigenvalue weighted by Crippen LogP contribution is 2.40. The number of hydrogen-bond acceptors (Lipinski definition) is 2. The highest BCUT2D eigenvalue weighted by Gasteiger charge is 2.44. The summed E-state index contributed by atoms with van der Waals surface area (Å²) in [4.78, 5) is 2.93. The fraction of sp³-hybridized carbons (Fsp3) is 1.00. The summed E-state index contributed by atoms with van der Waals surface area (Å²) in [5.41, 5.74) is 0.541. The summed E-state index contributed by atoms with van der Waals surface area (Å²) in [6, 6.07) is 0.733. The van der Waals surface area contributed by atoms with Crippen molar-refractivity contribution in [2.45, 2.75) is 76.8 Å². The molecule has 1 spiro atoms.